The first-order chi connectivity index (χ1) is 18.9. The van der Waals surface area contributed by atoms with E-state index >= 15 is 0 Å². The Labute approximate surface area is 230 Å². The van der Waals surface area contributed by atoms with Crippen LogP contribution in [0, 0.1) is 6.92 Å². The van der Waals surface area contributed by atoms with Crippen LogP contribution in [-0.4, -0.2) is 25.4 Å². The minimum absolute atomic E-state index is 0.0666. The number of hydrogen-bond acceptors (Lipinski definition) is 4. The van der Waals surface area contributed by atoms with Crippen molar-refractivity contribution in [1.29, 1.82) is 0 Å². The van der Waals surface area contributed by atoms with E-state index in [2.05, 4.69) is 10.6 Å². The molecule has 1 heterocycles. The van der Waals surface area contributed by atoms with Gasteiger partial charge in [-0.1, -0.05) is 54.1 Å². The Morgan fingerprint density at radius 3 is 2.23 bits per heavy atom. The number of fused-ring (bicyclic) bond motifs is 1. The first-order valence-electron chi connectivity index (χ1n) is 12.4. The van der Waals surface area contributed by atoms with Gasteiger partial charge in [-0.25, -0.2) is 0 Å². The fraction of sp³-hybridized carbons (Fsp3) is 0.167. The summed E-state index contributed by atoms with van der Waals surface area (Å²) in [6.07, 6.45) is -3.49. The van der Waals surface area contributed by atoms with Crippen LogP contribution in [-0.2, 0) is 29.3 Å². The molecule has 0 fully saturated rings. The monoisotopic (exact) mass is 568 g/mol. The number of alkyl halides is 3. The van der Waals surface area contributed by atoms with Gasteiger partial charge in [0.05, 0.1) is 10.5 Å². The molecule has 0 saturated heterocycles. The predicted octanol–water partition coefficient (Wildman–Crippen LogP) is 6.51. The number of carbonyl (C=O) groups is 1. The Morgan fingerprint density at radius 2 is 1.57 bits per heavy atom. The fourth-order valence-corrected chi connectivity index (χ4v) is 4.72. The average Bonchev–Trinajstić information content (AvgIpc) is 2.93. The maximum Gasteiger partial charge on any atom is 0.416 e. The van der Waals surface area contributed by atoms with Gasteiger partial charge in [0.2, 0.25) is 0 Å². The molecule has 0 atom stereocenters. The zero-order valence-corrected chi connectivity index (χ0v) is 22.3. The van der Waals surface area contributed by atoms with Crippen LogP contribution >= 0.6 is 0 Å². The SMILES string of the molecule is Cc1ccc(S(=O)(=O)O)cc1.O=C(Nc1ccc2c(c1)CCNC2)c1ccccc1-c1ccc(C(F)(F)F)cc1. The zero-order valence-electron chi connectivity index (χ0n) is 21.5. The maximum absolute atomic E-state index is 12.9. The molecule has 208 valence electrons. The van der Waals surface area contributed by atoms with Crippen molar-refractivity contribution < 1.29 is 30.9 Å². The van der Waals surface area contributed by atoms with Gasteiger partial charge in [-0.15, -0.1) is 0 Å². The summed E-state index contributed by atoms with van der Waals surface area (Å²) < 4.78 is 68.0. The van der Waals surface area contributed by atoms with E-state index < -0.39 is 21.9 Å². The lowest BCUT2D eigenvalue weighted by Crippen LogP contribution is -2.23. The molecule has 4 aromatic carbocycles. The summed E-state index contributed by atoms with van der Waals surface area (Å²) in [5.74, 6) is -0.297. The second kappa shape index (κ2) is 12.0. The highest BCUT2D eigenvalue weighted by molar-refractivity contribution is 7.85. The van der Waals surface area contributed by atoms with Crippen LogP contribution in [0.4, 0.5) is 18.9 Å². The largest absolute Gasteiger partial charge is 0.416 e. The summed E-state index contributed by atoms with van der Waals surface area (Å²) in [5, 5.41) is 6.22. The van der Waals surface area contributed by atoms with E-state index in [-0.39, 0.29) is 10.8 Å². The van der Waals surface area contributed by atoms with Crippen molar-refractivity contribution in [2.24, 2.45) is 0 Å². The summed E-state index contributed by atoms with van der Waals surface area (Å²) in [6.45, 7) is 3.56. The van der Waals surface area contributed by atoms with Crippen molar-refractivity contribution in [3.63, 3.8) is 0 Å². The van der Waals surface area contributed by atoms with Gasteiger partial charge in [-0.05, 0) is 84.6 Å². The second-order valence-corrected chi connectivity index (χ2v) is 10.7. The number of amides is 1. The molecule has 1 amide bonds. The van der Waals surface area contributed by atoms with Gasteiger partial charge in [0.25, 0.3) is 16.0 Å². The highest BCUT2D eigenvalue weighted by Crippen LogP contribution is 2.32. The minimum Gasteiger partial charge on any atom is -0.322 e. The van der Waals surface area contributed by atoms with Crippen molar-refractivity contribution in [2.75, 3.05) is 11.9 Å². The Balaban J connectivity index is 0.000000283. The fourth-order valence-electron chi connectivity index (χ4n) is 4.24. The molecule has 0 aromatic heterocycles. The van der Waals surface area contributed by atoms with Gasteiger partial charge in [0.15, 0.2) is 0 Å². The molecular formula is C30H27F3N2O4S. The predicted molar refractivity (Wildman–Crippen MR) is 148 cm³/mol. The number of nitrogens with one attached hydrogen (secondary N) is 2. The van der Waals surface area contributed by atoms with Crippen molar-refractivity contribution >= 4 is 21.7 Å². The van der Waals surface area contributed by atoms with Gasteiger partial charge < -0.3 is 10.6 Å². The quantitative estimate of drug-likeness (QED) is 0.244. The third-order valence-corrected chi connectivity index (χ3v) is 7.23. The molecular weight excluding hydrogens is 541 g/mol. The number of hydrogen-bond donors (Lipinski definition) is 3. The Hall–Kier alpha value is -3.99. The van der Waals surface area contributed by atoms with Gasteiger partial charge >= 0.3 is 6.18 Å². The minimum atomic E-state index is -4.39. The standard InChI is InChI=1S/C23H19F3N2O.C7H8O3S/c24-23(25,26)18-8-5-15(6-9-18)20-3-1-2-4-21(20)22(29)28-19-10-7-17-14-27-12-11-16(17)13-19;1-6-2-4-7(5-3-6)11(8,9)10/h1-10,13,27H,11-12,14H2,(H,28,29);2-5H,1H3,(H,8,9,10). The molecule has 40 heavy (non-hydrogen) atoms. The Morgan fingerprint density at radius 1 is 0.900 bits per heavy atom. The van der Waals surface area contributed by atoms with Crippen LogP contribution in [0.15, 0.2) is 95.9 Å². The van der Waals surface area contributed by atoms with Gasteiger partial charge in [0.1, 0.15) is 0 Å². The number of anilines is 1. The molecule has 5 rings (SSSR count). The summed E-state index contributed by atoms with van der Waals surface area (Å²) in [5.41, 5.74) is 4.92. The smallest absolute Gasteiger partial charge is 0.322 e. The number of carbonyl (C=O) groups excluding carboxylic acids is 1. The van der Waals surface area contributed by atoms with Crippen LogP contribution in [0.2, 0.25) is 0 Å². The first-order valence-corrected chi connectivity index (χ1v) is 13.8. The van der Waals surface area contributed by atoms with Crippen LogP contribution in [0.1, 0.15) is 32.6 Å². The van der Waals surface area contributed by atoms with E-state index in [9.17, 15) is 26.4 Å². The van der Waals surface area contributed by atoms with E-state index in [1.165, 1.54) is 35.4 Å². The second-order valence-electron chi connectivity index (χ2n) is 9.27. The molecule has 1 aliphatic rings. The van der Waals surface area contributed by atoms with Gasteiger partial charge in [-0.3, -0.25) is 9.35 Å². The summed E-state index contributed by atoms with van der Waals surface area (Å²) in [4.78, 5) is 12.8. The van der Waals surface area contributed by atoms with Gasteiger partial charge in [-0.2, -0.15) is 21.6 Å². The Bertz CT molecular complexity index is 1600. The number of rotatable bonds is 4. The van der Waals surface area contributed by atoms with Crippen molar-refractivity contribution in [3.8, 4) is 11.1 Å². The lowest BCUT2D eigenvalue weighted by molar-refractivity contribution is -0.137. The molecule has 0 bridgehead atoms. The number of benzene rings is 4. The zero-order chi connectivity index (χ0) is 28.9. The molecule has 0 unspecified atom stereocenters. The topological polar surface area (TPSA) is 95.5 Å². The van der Waals surface area contributed by atoms with Crippen LogP contribution < -0.4 is 10.6 Å². The highest BCUT2D eigenvalue weighted by atomic mass is 32.2. The van der Waals surface area contributed by atoms with E-state index in [4.69, 9.17) is 4.55 Å². The molecule has 0 saturated carbocycles. The van der Waals surface area contributed by atoms with Crippen LogP contribution in [0.25, 0.3) is 11.1 Å². The Kier molecular flexibility index (Phi) is 8.73. The van der Waals surface area contributed by atoms with Crippen molar-refractivity contribution in [2.45, 2.75) is 31.0 Å². The molecule has 10 heteroatoms. The van der Waals surface area contributed by atoms with Crippen LogP contribution in [0.3, 0.4) is 0 Å². The molecule has 0 aliphatic carbocycles. The lowest BCUT2D eigenvalue weighted by atomic mass is 9.97. The lowest BCUT2D eigenvalue weighted by Gasteiger charge is -2.18. The van der Waals surface area contributed by atoms with E-state index in [0.29, 0.717) is 22.4 Å². The summed E-state index contributed by atoms with van der Waals surface area (Å²) >= 11 is 0. The molecule has 0 radical (unpaired) electrons. The highest BCUT2D eigenvalue weighted by Gasteiger charge is 2.30. The molecule has 0 spiro atoms. The third kappa shape index (κ3) is 7.35. The van der Waals surface area contributed by atoms with E-state index in [1.807, 2.05) is 25.1 Å². The molecule has 6 nitrogen and oxygen atoms in total. The molecule has 3 N–H and O–H groups in total. The van der Waals surface area contributed by atoms with E-state index in [1.54, 1.807) is 36.4 Å². The van der Waals surface area contributed by atoms with E-state index in [0.717, 1.165) is 37.2 Å². The molecule has 4 aromatic rings. The van der Waals surface area contributed by atoms with Crippen molar-refractivity contribution in [1.82, 2.24) is 5.32 Å². The summed E-state index contributed by atoms with van der Waals surface area (Å²) in [6, 6.07) is 23.6. The average molecular weight is 569 g/mol. The van der Waals surface area contributed by atoms with Crippen LogP contribution in [0.5, 0.6) is 0 Å². The number of halogens is 3. The van der Waals surface area contributed by atoms with Gasteiger partial charge in [0, 0.05) is 17.8 Å². The summed E-state index contributed by atoms with van der Waals surface area (Å²) in [7, 11) is -4.02. The normalized spacial score (nSPS) is 13.0. The molecule has 1 aliphatic heterocycles. The number of aryl methyl sites for hydroxylation is 1. The third-order valence-electron chi connectivity index (χ3n) is 6.36. The first kappa shape index (κ1) is 29.0. The maximum atomic E-state index is 12.9. The van der Waals surface area contributed by atoms with Crippen molar-refractivity contribution in [3.05, 3.63) is 119 Å².